The summed E-state index contributed by atoms with van der Waals surface area (Å²) < 4.78 is 25.5. The van der Waals surface area contributed by atoms with Crippen LogP contribution in [-0.4, -0.2) is 26.7 Å². The zero-order valence-corrected chi connectivity index (χ0v) is 12.5. The minimum absolute atomic E-state index is 0.202. The van der Waals surface area contributed by atoms with E-state index in [1.54, 1.807) is 41.9 Å². The average Bonchev–Trinajstić information content (AvgIpc) is 3.19. The molecule has 2 aromatic heterocycles. The van der Waals surface area contributed by atoms with Crippen LogP contribution in [-0.2, 0) is 11.3 Å². The monoisotopic (exact) mass is 317 g/mol. The molecule has 1 atom stereocenters. The van der Waals surface area contributed by atoms with Crippen LogP contribution in [0.5, 0.6) is 0 Å². The normalized spacial score (nSPS) is 12.5. The molecule has 0 saturated heterocycles. The smallest absolute Gasteiger partial charge is 0.200 e. The van der Waals surface area contributed by atoms with E-state index < -0.39 is 6.29 Å². The molecule has 1 N–H and O–H groups in total. The number of hydrogen-bond acceptors (Lipinski definition) is 5. The maximum Gasteiger partial charge on any atom is 0.200 e. The first-order valence-electron chi connectivity index (χ1n) is 7.20. The molecule has 6 nitrogen and oxygen atoms in total. The number of hydrogen-bond donors (Lipinski definition) is 1. The Balaban J connectivity index is 1.98. The lowest BCUT2D eigenvalue weighted by atomic mass is 10.2. The van der Waals surface area contributed by atoms with E-state index in [2.05, 4.69) is 10.3 Å². The number of aromatic nitrogens is 3. The number of aliphatic hydroxyl groups excluding tert-OH is 1. The van der Waals surface area contributed by atoms with Crippen LogP contribution in [0, 0.1) is 5.82 Å². The van der Waals surface area contributed by atoms with Crippen molar-refractivity contribution in [3.05, 3.63) is 59.7 Å². The van der Waals surface area contributed by atoms with Gasteiger partial charge in [0.1, 0.15) is 23.5 Å². The molecule has 7 heteroatoms. The van der Waals surface area contributed by atoms with Gasteiger partial charge in [-0.15, -0.1) is 0 Å². The van der Waals surface area contributed by atoms with Crippen LogP contribution in [0.3, 0.4) is 0 Å². The minimum Gasteiger partial charge on any atom is -0.364 e. The largest absolute Gasteiger partial charge is 0.364 e. The SMILES string of the molecule is CCOC(O)c1cc(-c2ccon2)n(Cc2ccccc2F)n1. The first-order chi connectivity index (χ1) is 11.2. The van der Waals surface area contributed by atoms with E-state index in [0.29, 0.717) is 29.3 Å². The van der Waals surface area contributed by atoms with Gasteiger partial charge in [-0.05, 0) is 19.1 Å². The molecule has 23 heavy (non-hydrogen) atoms. The summed E-state index contributed by atoms with van der Waals surface area (Å²) in [5.74, 6) is -0.319. The Hall–Kier alpha value is -2.51. The van der Waals surface area contributed by atoms with Gasteiger partial charge in [0.2, 0.25) is 0 Å². The Kier molecular flexibility index (Phi) is 4.50. The molecule has 3 aromatic rings. The first-order valence-corrected chi connectivity index (χ1v) is 7.20. The second-order valence-corrected chi connectivity index (χ2v) is 4.90. The summed E-state index contributed by atoms with van der Waals surface area (Å²) in [5, 5.41) is 18.2. The molecular formula is C16H16FN3O3. The predicted octanol–water partition coefficient (Wildman–Crippen LogP) is 2.75. The number of rotatable bonds is 6. The highest BCUT2D eigenvalue weighted by molar-refractivity contribution is 5.54. The standard InChI is InChI=1S/C16H16FN3O3/c1-2-22-16(21)14-9-15(13-7-8-23-19-13)20(18-14)10-11-5-3-4-6-12(11)17/h3-9,16,21H,2,10H2,1H3. The molecule has 2 heterocycles. The van der Waals surface area contributed by atoms with Crippen molar-refractivity contribution in [2.45, 2.75) is 19.8 Å². The number of nitrogens with zero attached hydrogens (tertiary/aromatic N) is 3. The summed E-state index contributed by atoms with van der Waals surface area (Å²) in [4.78, 5) is 0. The van der Waals surface area contributed by atoms with E-state index in [-0.39, 0.29) is 12.4 Å². The van der Waals surface area contributed by atoms with E-state index in [4.69, 9.17) is 9.26 Å². The van der Waals surface area contributed by atoms with Gasteiger partial charge in [0.15, 0.2) is 6.29 Å². The van der Waals surface area contributed by atoms with Crippen molar-refractivity contribution >= 4 is 0 Å². The highest BCUT2D eigenvalue weighted by atomic mass is 19.1. The number of ether oxygens (including phenoxy) is 1. The lowest BCUT2D eigenvalue weighted by Crippen LogP contribution is -2.08. The molecule has 1 aromatic carbocycles. The van der Waals surface area contributed by atoms with Crippen molar-refractivity contribution in [3.8, 4) is 11.4 Å². The van der Waals surface area contributed by atoms with Gasteiger partial charge in [0, 0.05) is 18.2 Å². The second-order valence-electron chi connectivity index (χ2n) is 4.90. The average molecular weight is 317 g/mol. The highest BCUT2D eigenvalue weighted by Crippen LogP contribution is 2.24. The van der Waals surface area contributed by atoms with Crippen molar-refractivity contribution in [1.29, 1.82) is 0 Å². The topological polar surface area (TPSA) is 73.3 Å². The fraction of sp³-hybridized carbons (Fsp3) is 0.250. The fourth-order valence-electron chi connectivity index (χ4n) is 2.26. The molecule has 0 fully saturated rings. The van der Waals surface area contributed by atoms with Gasteiger partial charge in [-0.1, -0.05) is 23.4 Å². The second kappa shape index (κ2) is 6.72. The molecule has 0 amide bonds. The van der Waals surface area contributed by atoms with Gasteiger partial charge in [-0.25, -0.2) is 4.39 Å². The molecule has 120 valence electrons. The van der Waals surface area contributed by atoms with Crippen LogP contribution in [0.4, 0.5) is 4.39 Å². The molecule has 0 aliphatic rings. The van der Waals surface area contributed by atoms with Gasteiger partial charge in [-0.3, -0.25) is 4.68 Å². The molecule has 0 bridgehead atoms. The molecule has 0 saturated carbocycles. The van der Waals surface area contributed by atoms with Crippen LogP contribution in [0.1, 0.15) is 24.5 Å². The van der Waals surface area contributed by atoms with Gasteiger partial charge in [0.25, 0.3) is 0 Å². The van der Waals surface area contributed by atoms with E-state index in [9.17, 15) is 9.50 Å². The maximum absolute atomic E-state index is 13.9. The number of halogens is 1. The molecular weight excluding hydrogens is 301 g/mol. The minimum atomic E-state index is -1.15. The van der Waals surface area contributed by atoms with E-state index in [1.165, 1.54) is 12.3 Å². The lowest BCUT2D eigenvalue weighted by molar-refractivity contribution is -0.101. The third-order valence-corrected chi connectivity index (χ3v) is 3.35. The van der Waals surface area contributed by atoms with Gasteiger partial charge < -0.3 is 14.4 Å². The third-order valence-electron chi connectivity index (χ3n) is 3.35. The quantitative estimate of drug-likeness (QED) is 0.708. The number of aliphatic hydroxyl groups is 1. The summed E-state index contributed by atoms with van der Waals surface area (Å²) in [6.07, 6.45) is 0.293. The Labute approximate surface area is 132 Å². The van der Waals surface area contributed by atoms with E-state index in [0.717, 1.165) is 0 Å². The molecule has 0 spiro atoms. The summed E-state index contributed by atoms with van der Waals surface area (Å²) in [5.41, 5.74) is 1.97. The van der Waals surface area contributed by atoms with Crippen molar-refractivity contribution in [3.63, 3.8) is 0 Å². The fourth-order valence-corrected chi connectivity index (χ4v) is 2.26. The molecule has 0 radical (unpaired) electrons. The highest BCUT2D eigenvalue weighted by Gasteiger charge is 2.18. The van der Waals surface area contributed by atoms with Crippen LogP contribution in [0.2, 0.25) is 0 Å². The Morgan fingerprint density at radius 3 is 2.87 bits per heavy atom. The van der Waals surface area contributed by atoms with Crippen molar-refractivity contribution in [2.75, 3.05) is 6.61 Å². The maximum atomic E-state index is 13.9. The van der Waals surface area contributed by atoms with Crippen LogP contribution >= 0.6 is 0 Å². The third kappa shape index (κ3) is 3.30. The van der Waals surface area contributed by atoms with Crippen molar-refractivity contribution in [1.82, 2.24) is 14.9 Å². The molecule has 1 unspecified atom stereocenters. The van der Waals surface area contributed by atoms with Gasteiger partial charge >= 0.3 is 0 Å². The molecule has 3 rings (SSSR count). The van der Waals surface area contributed by atoms with Crippen molar-refractivity contribution in [2.24, 2.45) is 0 Å². The van der Waals surface area contributed by atoms with E-state index >= 15 is 0 Å². The Morgan fingerprint density at radius 2 is 2.17 bits per heavy atom. The zero-order chi connectivity index (χ0) is 16.2. The van der Waals surface area contributed by atoms with Crippen LogP contribution in [0.15, 0.2) is 47.2 Å². The summed E-state index contributed by atoms with van der Waals surface area (Å²) >= 11 is 0. The van der Waals surface area contributed by atoms with Crippen LogP contribution < -0.4 is 0 Å². The van der Waals surface area contributed by atoms with Gasteiger partial charge in [-0.2, -0.15) is 5.10 Å². The predicted molar refractivity (Wildman–Crippen MR) is 79.8 cm³/mol. The zero-order valence-electron chi connectivity index (χ0n) is 12.5. The first kappa shape index (κ1) is 15.4. The lowest BCUT2D eigenvalue weighted by Gasteiger charge is -2.08. The molecule has 0 aliphatic heterocycles. The summed E-state index contributed by atoms with van der Waals surface area (Å²) in [7, 11) is 0. The van der Waals surface area contributed by atoms with Crippen molar-refractivity contribution < 1.29 is 18.8 Å². The summed E-state index contributed by atoms with van der Waals surface area (Å²) in [6, 6.07) is 9.79. The van der Waals surface area contributed by atoms with Gasteiger partial charge in [0.05, 0.1) is 12.2 Å². The molecule has 0 aliphatic carbocycles. The summed E-state index contributed by atoms with van der Waals surface area (Å²) in [6.45, 7) is 2.33. The van der Waals surface area contributed by atoms with Crippen LogP contribution in [0.25, 0.3) is 11.4 Å². The Morgan fingerprint density at radius 1 is 1.35 bits per heavy atom. The number of benzene rings is 1. The van der Waals surface area contributed by atoms with E-state index in [1.807, 2.05) is 0 Å². The Bertz CT molecular complexity index is 771.